The molecule has 1 N–H and O–H groups in total. The Labute approximate surface area is 178 Å². The Bertz CT molecular complexity index is 1130. The third-order valence-corrected chi connectivity index (χ3v) is 5.98. The summed E-state index contributed by atoms with van der Waals surface area (Å²) in [6.45, 7) is 3.90. The van der Waals surface area contributed by atoms with Gasteiger partial charge in [-0.05, 0) is 66.2 Å². The van der Waals surface area contributed by atoms with Crippen LogP contribution in [0.1, 0.15) is 32.4 Å². The number of carbonyl (C=O) groups excluding carboxylic acids is 2. The molecule has 1 unspecified atom stereocenters. The SMILES string of the molecule is COc1ccc(C2C(C(=O)c3cccs3)=C(O)C(=O)N2c2cc(C)cc(C)c2)cc1. The predicted molar refractivity (Wildman–Crippen MR) is 117 cm³/mol. The first-order valence-electron chi connectivity index (χ1n) is 9.48. The van der Waals surface area contributed by atoms with Crippen molar-refractivity contribution in [3.8, 4) is 5.75 Å². The van der Waals surface area contributed by atoms with Crippen LogP contribution >= 0.6 is 11.3 Å². The summed E-state index contributed by atoms with van der Waals surface area (Å²) in [5, 5.41) is 12.6. The molecule has 152 valence electrons. The number of nitrogens with zero attached hydrogens (tertiary/aromatic N) is 1. The molecule has 4 rings (SSSR count). The first-order valence-corrected chi connectivity index (χ1v) is 10.4. The molecule has 2 aromatic carbocycles. The van der Waals surface area contributed by atoms with Gasteiger partial charge in [-0.25, -0.2) is 0 Å². The molecule has 1 aromatic heterocycles. The topological polar surface area (TPSA) is 66.8 Å². The lowest BCUT2D eigenvalue weighted by Crippen LogP contribution is -2.31. The molecule has 1 aliphatic heterocycles. The molecule has 0 bridgehead atoms. The molecular weight excluding hydrogens is 398 g/mol. The number of amides is 1. The fraction of sp³-hybridized carbons (Fsp3) is 0.167. The quantitative estimate of drug-likeness (QED) is 0.581. The molecule has 6 heteroatoms. The largest absolute Gasteiger partial charge is 0.503 e. The van der Waals surface area contributed by atoms with Crippen LogP contribution in [0, 0.1) is 13.8 Å². The molecule has 0 spiro atoms. The van der Waals surface area contributed by atoms with Gasteiger partial charge < -0.3 is 9.84 Å². The zero-order valence-corrected chi connectivity index (χ0v) is 17.7. The Morgan fingerprint density at radius 1 is 1.07 bits per heavy atom. The Morgan fingerprint density at radius 2 is 1.73 bits per heavy atom. The summed E-state index contributed by atoms with van der Waals surface area (Å²) in [5.74, 6) is -0.766. The number of methoxy groups -OCH3 is 1. The molecule has 5 nitrogen and oxygen atoms in total. The normalized spacial score (nSPS) is 16.3. The van der Waals surface area contributed by atoms with E-state index in [0.717, 1.165) is 11.1 Å². The highest BCUT2D eigenvalue weighted by molar-refractivity contribution is 7.12. The smallest absolute Gasteiger partial charge is 0.294 e. The zero-order valence-electron chi connectivity index (χ0n) is 16.9. The Morgan fingerprint density at radius 3 is 2.30 bits per heavy atom. The van der Waals surface area contributed by atoms with Crippen molar-refractivity contribution in [2.24, 2.45) is 0 Å². The lowest BCUT2D eigenvalue weighted by Gasteiger charge is -2.27. The molecule has 3 aromatic rings. The van der Waals surface area contributed by atoms with Crippen LogP contribution < -0.4 is 9.64 Å². The van der Waals surface area contributed by atoms with E-state index in [9.17, 15) is 14.7 Å². The maximum absolute atomic E-state index is 13.3. The van der Waals surface area contributed by atoms with Gasteiger partial charge in [-0.1, -0.05) is 24.3 Å². The van der Waals surface area contributed by atoms with Crippen LogP contribution in [-0.2, 0) is 4.79 Å². The van der Waals surface area contributed by atoms with Gasteiger partial charge in [-0.2, -0.15) is 0 Å². The highest BCUT2D eigenvalue weighted by Gasteiger charge is 2.44. The first-order chi connectivity index (χ1) is 14.4. The fourth-order valence-electron chi connectivity index (χ4n) is 3.84. The molecule has 0 radical (unpaired) electrons. The third kappa shape index (κ3) is 3.39. The number of carbonyl (C=O) groups is 2. The van der Waals surface area contributed by atoms with E-state index in [1.54, 1.807) is 36.8 Å². The molecule has 2 heterocycles. The number of aliphatic hydroxyl groups is 1. The number of ketones is 1. The van der Waals surface area contributed by atoms with Gasteiger partial charge in [0.25, 0.3) is 5.91 Å². The molecule has 0 saturated heterocycles. The number of ether oxygens (including phenoxy) is 1. The summed E-state index contributed by atoms with van der Waals surface area (Å²) in [6, 6.07) is 15.7. The fourth-order valence-corrected chi connectivity index (χ4v) is 4.51. The van der Waals surface area contributed by atoms with Crippen LogP contribution in [0.2, 0.25) is 0 Å². The third-order valence-electron chi connectivity index (χ3n) is 5.11. The number of hydrogen-bond donors (Lipinski definition) is 1. The van der Waals surface area contributed by atoms with E-state index >= 15 is 0 Å². The second-order valence-corrected chi connectivity index (χ2v) is 8.21. The summed E-state index contributed by atoms with van der Waals surface area (Å²) in [6.07, 6.45) is 0. The number of thiophene rings is 1. The zero-order chi connectivity index (χ0) is 21.4. The van der Waals surface area contributed by atoms with Gasteiger partial charge in [0, 0.05) is 5.69 Å². The summed E-state index contributed by atoms with van der Waals surface area (Å²) in [5.41, 5.74) is 3.42. The van der Waals surface area contributed by atoms with Gasteiger partial charge in [0.05, 0.1) is 23.6 Å². The van der Waals surface area contributed by atoms with Crippen molar-refractivity contribution in [3.05, 3.63) is 92.9 Å². The minimum atomic E-state index is -0.737. The number of hydrogen-bond acceptors (Lipinski definition) is 5. The maximum Gasteiger partial charge on any atom is 0.294 e. The molecule has 0 fully saturated rings. The second-order valence-electron chi connectivity index (χ2n) is 7.27. The van der Waals surface area contributed by atoms with E-state index in [1.165, 1.54) is 16.2 Å². The monoisotopic (exact) mass is 419 g/mol. The van der Waals surface area contributed by atoms with Crippen molar-refractivity contribution in [3.63, 3.8) is 0 Å². The number of aryl methyl sites for hydroxylation is 2. The summed E-state index contributed by atoms with van der Waals surface area (Å²) in [7, 11) is 1.58. The van der Waals surface area contributed by atoms with E-state index in [2.05, 4.69) is 0 Å². The van der Waals surface area contributed by atoms with E-state index in [-0.39, 0.29) is 11.4 Å². The second kappa shape index (κ2) is 7.80. The molecule has 1 aliphatic rings. The summed E-state index contributed by atoms with van der Waals surface area (Å²) >= 11 is 1.28. The van der Waals surface area contributed by atoms with Crippen molar-refractivity contribution in [2.75, 3.05) is 12.0 Å². The van der Waals surface area contributed by atoms with Crippen LogP contribution in [0.5, 0.6) is 5.75 Å². The average molecular weight is 420 g/mol. The number of anilines is 1. The Kier molecular flexibility index (Phi) is 5.18. The molecule has 1 amide bonds. The van der Waals surface area contributed by atoms with Crippen molar-refractivity contribution in [2.45, 2.75) is 19.9 Å². The summed E-state index contributed by atoms with van der Waals surface area (Å²) in [4.78, 5) is 28.4. The Hall–Kier alpha value is -3.38. The van der Waals surface area contributed by atoms with Crippen molar-refractivity contribution in [1.82, 2.24) is 0 Å². The van der Waals surface area contributed by atoms with Crippen molar-refractivity contribution < 1.29 is 19.4 Å². The lowest BCUT2D eigenvalue weighted by molar-refractivity contribution is -0.117. The predicted octanol–water partition coefficient (Wildman–Crippen LogP) is 5.16. The van der Waals surface area contributed by atoms with Gasteiger partial charge in [-0.15, -0.1) is 11.3 Å². The standard InChI is InChI=1S/C24H21NO4S/c1-14-11-15(2)13-17(12-14)25-21(16-6-8-18(29-3)9-7-16)20(23(27)24(25)28)22(26)19-5-4-10-30-19/h4-13,21,27H,1-3H3. The minimum Gasteiger partial charge on any atom is -0.503 e. The molecule has 0 aliphatic carbocycles. The van der Waals surface area contributed by atoms with Crippen LogP contribution in [0.15, 0.2) is 71.3 Å². The maximum atomic E-state index is 13.3. The van der Waals surface area contributed by atoms with E-state index in [4.69, 9.17) is 4.74 Å². The number of Topliss-reactive ketones (excluding diaryl/α,β-unsaturated/α-hetero) is 1. The van der Waals surface area contributed by atoms with Gasteiger partial charge >= 0.3 is 0 Å². The van der Waals surface area contributed by atoms with Gasteiger partial charge in [0.15, 0.2) is 5.76 Å². The Balaban J connectivity index is 1.89. The van der Waals surface area contributed by atoms with E-state index in [1.807, 2.05) is 44.2 Å². The van der Waals surface area contributed by atoms with Crippen molar-refractivity contribution in [1.29, 1.82) is 0 Å². The molecule has 0 saturated carbocycles. The minimum absolute atomic E-state index is 0.0896. The van der Waals surface area contributed by atoms with E-state index in [0.29, 0.717) is 21.9 Å². The molecule has 30 heavy (non-hydrogen) atoms. The highest BCUT2D eigenvalue weighted by Crippen LogP contribution is 2.43. The lowest BCUT2D eigenvalue weighted by atomic mass is 9.95. The number of aliphatic hydroxyl groups excluding tert-OH is 1. The van der Waals surface area contributed by atoms with Gasteiger partial charge in [-0.3, -0.25) is 14.5 Å². The average Bonchev–Trinajstić information content (AvgIpc) is 3.34. The highest BCUT2D eigenvalue weighted by atomic mass is 32.1. The van der Waals surface area contributed by atoms with Gasteiger partial charge in [0.2, 0.25) is 5.78 Å². The molecule has 1 atom stereocenters. The van der Waals surface area contributed by atoms with Crippen molar-refractivity contribution >= 4 is 28.7 Å². The van der Waals surface area contributed by atoms with Crippen LogP contribution in [-0.4, -0.2) is 23.9 Å². The van der Waals surface area contributed by atoms with Crippen LogP contribution in [0.25, 0.3) is 0 Å². The number of benzene rings is 2. The van der Waals surface area contributed by atoms with Crippen LogP contribution in [0.4, 0.5) is 5.69 Å². The molecular formula is C24H21NO4S. The summed E-state index contributed by atoms with van der Waals surface area (Å²) < 4.78 is 5.24. The van der Waals surface area contributed by atoms with Gasteiger partial charge in [0.1, 0.15) is 5.75 Å². The van der Waals surface area contributed by atoms with E-state index < -0.39 is 17.7 Å². The first kappa shape index (κ1) is 19.9. The van der Waals surface area contributed by atoms with Crippen LogP contribution in [0.3, 0.4) is 0 Å². The number of rotatable bonds is 5.